The average Bonchev–Trinajstić information content (AvgIpc) is 2.09. The molecule has 0 aliphatic rings. The summed E-state index contributed by atoms with van der Waals surface area (Å²) in [7, 11) is 0. The molecule has 1 aromatic carbocycles. The molecular formula is C8H7F3O2. The van der Waals surface area contributed by atoms with Crippen molar-refractivity contribution in [2.75, 3.05) is 13.2 Å². The van der Waals surface area contributed by atoms with E-state index in [2.05, 4.69) is 4.74 Å². The van der Waals surface area contributed by atoms with E-state index < -0.39 is 23.2 Å². The first-order valence-corrected chi connectivity index (χ1v) is 3.53. The molecule has 0 amide bonds. The van der Waals surface area contributed by atoms with Gasteiger partial charge in [0.2, 0.25) is 0 Å². The highest BCUT2D eigenvalue weighted by Crippen LogP contribution is 2.20. The van der Waals surface area contributed by atoms with E-state index in [1.807, 2.05) is 0 Å². The quantitative estimate of drug-likeness (QED) is 0.735. The van der Waals surface area contributed by atoms with Gasteiger partial charge in [-0.15, -0.1) is 0 Å². The lowest BCUT2D eigenvalue weighted by atomic mass is 10.3. The molecular weight excluding hydrogens is 185 g/mol. The minimum atomic E-state index is -1.27. The number of hydrogen-bond acceptors (Lipinski definition) is 2. The van der Waals surface area contributed by atoms with Gasteiger partial charge in [-0.3, -0.25) is 0 Å². The lowest BCUT2D eigenvalue weighted by molar-refractivity contribution is 0.195. The average molecular weight is 192 g/mol. The number of ether oxygens (including phenoxy) is 1. The van der Waals surface area contributed by atoms with E-state index >= 15 is 0 Å². The van der Waals surface area contributed by atoms with Gasteiger partial charge >= 0.3 is 0 Å². The van der Waals surface area contributed by atoms with Crippen LogP contribution in [0.2, 0.25) is 0 Å². The Kier molecular flexibility index (Phi) is 3.13. The molecule has 0 bridgehead atoms. The maximum absolute atomic E-state index is 12.7. The predicted octanol–water partition coefficient (Wildman–Crippen LogP) is 1.47. The molecule has 0 aromatic heterocycles. The standard InChI is InChI=1S/C8H7F3O2/c9-5-3-7(11)8(4-6(5)10)13-2-1-12/h3-4,12H,1-2H2. The van der Waals surface area contributed by atoms with Gasteiger partial charge in [0.05, 0.1) is 6.61 Å². The Morgan fingerprint density at radius 2 is 1.69 bits per heavy atom. The van der Waals surface area contributed by atoms with E-state index in [1.165, 1.54) is 0 Å². The largest absolute Gasteiger partial charge is 0.488 e. The lowest BCUT2D eigenvalue weighted by Crippen LogP contribution is -2.04. The van der Waals surface area contributed by atoms with Crippen LogP contribution >= 0.6 is 0 Å². The van der Waals surface area contributed by atoms with E-state index in [4.69, 9.17) is 5.11 Å². The summed E-state index contributed by atoms with van der Waals surface area (Å²) in [4.78, 5) is 0. The van der Waals surface area contributed by atoms with Crippen LogP contribution in [0, 0.1) is 17.5 Å². The molecule has 0 aliphatic heterocycles. The van der Waals surface area contributed by atoms with Gasteiger partial charge in [0.1, 0.15) is 6.61 Å². The summed E-state index contributed by atoms with van der Waals surface area (Å²) in [6.45, 7) is -0.486. The highest BCUT2D eigenvalue weighted by Gasteiger charge is 2.10. The molecule has 5 heteroatoms. The van der Waals surface area contributed by atoms with Crippen molar-refractivity contribution in [3.8, 4) is 5.75 Å². The second-order valence-corrected chi connectivity index (χ2v) is 2.27. The number of hydrogen-bond donors (Lipinski definition) is 1. The second-order valence-electron chi connectivity index (χ2n) is 2.27. The van der Waals surface area contributed by atoms with Crippen molar-refractivity contribution in [2.24, 2.45) is 0 Å². The molecule has 72 valence electrons. The van der Waals surface area contributed by atoms with E-state index in [-0.39, 0.29) is 13.2 Å². The van der Waals surface area contributed by atoms with Gasteiger partial charge in [0.25, 0.3) is 0 Å². The van der Waals surface area contributed by atoms with Crippen molar-refractivity contribution in [2.45, 2.75) is 0 Å². The Bertz CT molecular complexity index is 302. The van der Waals surface area contributed by atoms with Gasteiger partial charge in [-0.2, -0.15) is 0 Å². The predicted molar refractivity (Wildman–Crippen MR) is 38.9 cm³/mol. The van der Waals surface area contributed by atoms with Gasteiger partial charge in [-0.1, -0.05) is 0 Å². The lowest BCUT2D eigenvalue weighted by Gasteiger charge is -2.05. The zero-order valence-corrected chi connectivity index (χ0v) is 6.56. The third-order valence-electron chi connectivity index (χ3n) is 1.32. The Morgan fingerprint density at radius 1 is 1.08 bits per heavy atom. The first-order chi connectivity index (χ1) is 6.15. The highest BCUT2D eigenvalue weighted by atomic mass is 19.2. The van der Waals surface area contributed by atoms with Gasteiger partial charge in [0.15, 0.2) is 23.2 Å². The molecule has 1 N–H and O–H groups in total. The highest BCUT2D eigenvalue weighted by molar-refractivity contribution is 5.25. The second kappa shape index (κ2) is 4.13. The van der Waals surface area contributed by atoms with Crippen LogP contribution in [0.1, 0.15) is 0 Å². The summed E-state index contributed by atoms with van der Waals surface area (Å²) in [5, 5.41) is 8.33. The van der Waals surface area contributed by atoms with Gasteiger partial charge in [-0.25, -0.2) is 13.2 Å². The SMILES string of the molecule is OCCOc1cc(F)c(F)cc1F. The summed E-state index contributed by atoms with van der Waals surface area (Å²) in [6.07, 6.45) is 0. The summed E-state index contributed by atoms with van der Waals surface area (Å²) in [5.41, 5.74) is 0. The van der Waals surface area contributed by atoms with Crippen molar-refractivity contribution in [1.29, 1.82) is 0 Å². The Hall–Kier alpha value is -1.23. The fourth-order valence-electron chi connectivity index (χ4n) is 0.771. The van der Waals surface area contributed by atoms with E-state index in [0.717, 1.165) is 0 Å². The number of rotatable bonds is 3. The minimum Gasteiger partial charge on any atom is -0.488 e. The van der Waals surface area contributed by atoms with Crippen LogP contribution in [0.3, 0.4) is 0 Å². The third-order valence-corrected chi connectivity index (χ3v) is 1.32. The summed E-state index contributed by atoms with van der Waals surface area (Å²) < 4.78 is 42.2. The first kappa shape index (κ1) is 9.85. The van der Waals surface area contributed by atoms with E-state index in [0.29, 0.717) is 12.1 Å². The van der Waals surface area contributed by atoms with Crippen molar-refractivity contribution in [3.05, 3.63) is 29.6 Å². The molecule has 0 saturated carbocycles. The van der Waals surface area contributed by atoms with Crippen LogP contribution in [-0.4, -0.2) is 18.3 Å². The normalized spacial score (nSPS) is 10.2. The summed E-state index contributed by atoms with van der Waals surface area (Å²) in [5.74, 6) is -3.86. The van der Waals surface area contributed by atoms with Crippen LogP contribution in [-0.2, 0) is 0 Å². The van der Waals surface area contributed by atoms with Gasteiger partial charge < -0.3 is 9.84 Å². The van der Waals surface area contributed by atoms with E-state index in [9.17, 15) is 13.2 Å². The molecule has 13 heavy (non-hydrogen) atoms. The maximum atomic E-state index is 12.7. The maximum Gasteiger partial charge on any atom is 0.168 e. The number of halogens is 3. The van der Waals surface area contributed by atoms with E-state index in [1.54, 1.807) is 0 Å². The molecule has 0 atom stereocenters. The first-order valence-electron chi connectivity index (χ1n) is 3.53. The van der Waals surface area contributed by atoms with Crippen LogP contribution < -0.4 is 4.74 Å². The zero-order chi connectivity index (χ0) is 9.84. The summed E-state index contributed by atoms with van der Waals surface area (Å²) >= 11 is 0. The Balaban J connectivity index is 2.88. The molecule has 0 saturated heterocycles. The van der Waals surface area contributed by atoms with Crippen LogP contribution in [0.15, 0.2) is 12.1 Å². The fourth-order valence-corrected chi connectivity index (χ4v) is 0.771. The van der Waals surface area contributed by atoms with Crippen molar-refractivity contribution in [1.82, 2.24) is 0 Å². The number of benzene rings is 1. The molecule has 2 nitrogen and oxygen atoms in total. The third kappa shape index (κ3) is 2.35. The molecule has 0 spiro atoms. The van der Waals surface area contributed by atoms with Crippen LogP contribution in [0.25, 0.3) is 0 Å². The molecule has 1 aromatic rings. The Morgan fingerprint density at radius 3 is 2.31 bits per heavy atom. The van der Waals surface area contributed by atoms with Crippen molar-refractivity contribution >= 4 is 0 Å². The molecule has 0 fully saturated rings. The summed E-state index contributed by atoms with van der Waals surface area (Å²) in [6, 6.07) is 0.988. The monoisotopic (exact) mass is 192 g/mol. The van der Waals surface area contributed by atoms with Crippen LogP contribution in [0.4, 0.5) is 13.2 Å². The minimum absolute atomic E-state index is 0.165. The molecule has 0 unspecified atom stereocenters. The molecule has 0 aliphatic carbocycles. The molecule has 0 radical (unpaired) electrons. The van der Waals surface area contributed by atoms with Crippen molar-refractivity contribution in [3.63, 3.8) is 0 Å². The molecule has 1 rings (SSSR count). The van der Waals surface area contributed by atoms with Crippen LogP contribution in [0.5, 0.6) is 5.75 Å². The van der Waals surface area contributed by atoms with Crippen molar-refractivity contribution < 1.29 is 23.0 Å². The Labute approximate surface area is 72.6 Å². The number of aliphatic hydroxyl groups excluding tert-OH is 1. The fraction of sp³-hybridized carbons (Fsp3) is 0.250. The topological polar surface area (TPSA) is 29.5 Å². The zero-order valence-electron chi connectivity index (χ0n) is 6.56. The van der Waals surface area contributed by atoms with Gasteiger partial charge in [-0.05, 0) is 0 Å². The smallest absolute Gasteiger partial charge is 0.168 e. The molecule has 0 heterocycles. The van der Waals surface area contributed by atoms with Gasteiger partial charge in [0, 0.05) is 12.1 Å². The number of aliphatic hydroxyl groups is 1.